The Morgan fingerprint density at radius 2 is 1.77 bits per heavy atom. The van der Waals surface area contributed by atoms with E-state index in [4.69, 9.17) is 4.42 Å². The lowest BCUT2D eigenvalue weighted by atomic mass is 10.0. The van der Waals surface area contributed by atoms with Crippen LogP contribution in [0.25, 0.3) is 0 Å². The maximum atomic E-state index is 12.2. The van der Waals surface area contributed by atoms with Gasteiger partial charge in [-0.2, -0.15) is 0 Å². The largest absolute Gasteiger partial charge is 0.407 e. The summed E-state index contributed by atoms with van der Waals surface area (Å²) in [6, 6.07) is 12.4. The molecule has 0 unspecified atom stereocenters. The minimum atomic E-state index is -0.171. The number of carbonyl (C=O) groups excluding carboxylic acids is 1. The second-order valence-corrected chi connectivity index (χ2v) is 6.75. The van der Waals surface area contributed by atoms with Crippen LogP contribution in [-0.2, 0) is 17.6 Å². The van der Waals surface area contributed by atoms with Gasteiger partial charge in [0.15, 0.2) is 0 Å². The maximum Gasteiger partial charge on any atom is 0.322 e. The first kappa shape index (κ1) is 17.9. The van der Waals surface area contributed by atoms with Gasteiger partial charge in [0, 0.05) is 0 Å². The highest BCUT2D eigenvalue weighted by Gasteiger charge is 2.12. The van der Waals surface area contributed by atoms with Crippen molar-refractivity contribution in [2.45, 2.75) is 40.5 Å². The summed E-state index contributed by atoms with van der Waals surface area (Å²) in [5.41, 5.74) is 6.87. The van der Waals surface area contributed by atoms with Crippen molar-refractivity contribution in [3.8, 4) is 0 Å². The molecule has 0 aliphatic carbocycles. The van der Waals surface area contributed by atoms with Crippen molar-refractivity contribution in [1.29, 1.82) is 0 Å². The van der Waals surface area contributed by atoms with E-state index in [1.807, 2.05) is 25.1 Å². The molecule has 0 spiro atoms. The number of anilines is 1. The van der Waals surface area contributed by atoms with Gasteiger partial charge < -0.3 is 4.42 Å². The molecule has 0 saturated heterocycles. The number of carbonyl (C=O) groups is 1. The Kier molecular flexibility index (Phi) is 5.16. The molecule has 1 amide bonds. The fourth-order valence-corrected chi connectivity index (χ4v) is 2.84. The van der Waals surface area contributed by atoms with Crippen LogP contribution in [0, 0.1) is 27.7 Å². The van der Waals surface area contributed by atoms with Crippen molar-refractivity contribution >= 4 is 11.9 Å². The summed E-state index contributed by atoms with van der Waals surface area (Å²) in [7, 11) is 0. The number of nitrogens with one attached hydrogen (secondary N) is 1. The van der Waals surface area contributed by atoms with Gasteiger partial charge in [-0.25, -0.2) is 0 Å². The van der Waals surface area contributed by atoms with Crippen LogP contribution in [0.4, 0.5) is 6.01 Å². The Labute approximate surface area is 153 Å². The monoisotopic (exact) mass is 349 g/mol. The first-order valence-corrected chi connectivity index (χ1v) is 8.65. The molecule has 1 aromatic heterocycles. The van der Waals surface area contributed by atoms with Gasteiger partial charge in [-0.3, -0.25) is 10.1 Å². The molecule has 1 N–H and O–H groups in total. The lowest BCUT2D eigenvalue weighted by Crippen LogP contribution is -2.14. The predicted molar refractivity (Wildman–Crippen MR) is 101 cm³/mol. The number of amides is 1. The maximum absolute atomic E-state index is 12.2. The minimum absolute atomic E-state index is 0.138. The second kappa shape index (κ2) is 7.52. The number of hydrogen-bond donors (Lipinski definition) is 1. The summed E-state index contributed by atoms with van der Waals surface area (Å²) in [5, 5.41) is 10.6. The Hall–Kier alpha value is -2.95. The van der Waals surface area contributed by atoms with Crippen LogP contribution in [-0.4, -0.2) is 16.1 Å². The molecular weight excluding hydrogens is 326 g/mol. The molecule has 134 valence electrons. The van der Waals surface area contributed by atoms with Crippen molar-refractivity contribution in [2.75, 3.05) is 5.32 Å². The van der Waals surface area contributed by atoms with Crippen LogP contribution in [0.5, 0.6) is 0 Å². The molecule has 0 aliphatic heterocycles. The molecule has 0 radical (unpaired) electrons. The summed E-state index contributed by atoms with van der Waals surface area (Å²) in [4.78, 5) is 12.2. The molecule has 0 saturated carbocycles. The van der Waals surface area contributed by atoms with Crippen molar-refractivity contribution < 1.29 is 9.21 Å². The number of rotatable bonds is 5. The smallest absolute Gasteiger partial charge is 0.322 e. The van der Waals surface area contributed by atoms with E-state index in [1.54, 1.807) is 0 Å². The third kappa shape index (κ3) is 4.36. The first-order valence-electron chi connectivity index (χ1n) is 8.65. The van der Waals surface area contributed by atoms with Crippen LogP contribution in [0.2, 0.25) is 0 Å². The zero-order chi connectivity index (χ0) is 18.7. The minimum Gasteiger partial charge on any atom is -0.407 e. The summed E-state index contributed by atoms with van der Waals surface area (Å²) in [6.07, 6.45) is 0.821. The van der Waals surface area contributed by atoms with Gasteiger partial charge in [0.25, 0.3) is 0 Å². The van der Waals surface area contributed by atoms with E-state index in [-0.39, 0.29) is 18.3 Å². The van der Waals surface area contributed by atoms with E-state index in [2.05, 4.69) is 54.5 Å². The number of hydrogen-bond acceptors (Lipinski definition) is 4. The van der Waals surface area contributed by atoms with Gasteiger partial charge in [0.05, 0.1) is 12.8 Å². The van der Waals surface area contributed by atoms with Crippen LogP contribution in [0.15, 0.2) is 40.8 Å². The Bertz CT molecular complexity index is 944. The fourth-order valence-electron chi connectivity index (χ4n) is 2.84. The van der Waals surface area contributed by atoms with E-state index >= 15 is 0 Å². The van der Waals surface area contributed by atoms with E-state index in [0.717, 1.165) is 11.1 Å². The second-order valence-electron chi connectivity index (χ2n) is 6.75. The molecule has 0 fully saturated rings. The molecule has 3 aromatic rings. The molecule has 5 nitrogen and oxygen atoms in total. The van der Waals surface area contributed by atoms with E-state index < -0.39 is 0 Å². The van der Waals surface area contributed by atoms with Gasteiger partial charge in [0.2, 0.25) is 11.8 Å². The van der Waals surface area contributed by atoms with Gasteiger partial charge in [0.1, 0.15) is 0 Å². The number of nitrogens with zero attached hydrogens (tertiary/aromatic N) is 2. The molecular formula is C21H23N3O2. The van der Waals surface area contributed by atoms with Crippen molar-refractivity contribution in [3.05, 3.63) is 75.7 Å². The lowest BCUT2D eigenvalue weighted by molar-refractivity contribution is -0.115. The van der Waals surface area contributed by atoms with E-state index in [0.29, 0.717) is 12.3 Å². The fraction of sp³-hybridized carbons (Fsp3) is 0.286. The molecule has 3 rings (SSSR count). The van der Waals surface area contributed by atoms with E-state index in [1.165, 1.54) is 22.3 Å². The standard InChI is InChI=1S/C21H23N3O2/c1-13-5-8-18(16(4)9-13)12-20-23-24-21(26-20)22-19(25)11-17-7-6-14(2)15(3)10-17/h5-10H,11-12H2,1-4H3,(H,22,24,25). The van der Waals surface area contributed by atoms with Crippen LogP contribution in [0.1, 0.15) is 39.3 Å². The molecule has 0 aliphatic rings. The van der Waals surface area contributed by atoms with Crippen LogP contribution < -0.4 is 5.32 Å². The molecule has 0 atom stereocenters. The van der Waals surface area contributed by atoms with Crippen molar-refractivity contribution in [3.63, 3.8) is 0 Å². The Balaban J connectivity index is 1.62. The highest BCUT2D eigenvalue weighted by molar-refractivity contribution is 5.90. The van der Waals surface area contributed by atoms with Crippen LogP contribution in [0.3, 0.4) is 0 Å². The van der Waals surface area contributed by atoms with Crippen molar-refractivity contribution in [2.24, 2.45) is 0 Å². The highest BCUT2D eigenvalue weighted by Crippen LogP contribution is 2.16. The Morgan fingerprint density at radius 3 is 2.50 bits per heavy atom. The quantitative estimate of drug-likeness (QED) is 0.754. The number of aromatic nitrogens is 2. The Morgan fingerprint density at radius 1 is 0.962 bits per heavy atom. The molecule has 5 heteroatoms. The summed E-state index contributed by atoms with van der Waals surface area (Å²) in [6.45, 7) is 8.21. The molecule has 26 heavy (non-hydrogen) atoms. The SMILES string of the molecule is Cc1ccc(Cc2nnc(NC(=O)Cc3ccc(C)c(C)c3)o2)c(C)c1. The van der Waals surface area contributed by atoms with Gasteiger partial charge in [-0.05, 0) is 55.5 Å². The average Bonchev–Trinajstić information content (AvgIpc) is 3.00. The van der Waals surface area contributed by atoms with Crippen LogP contribution >= 0.6 is 0 Å². The highest BCUT2D eigenvalue weighted by atomic mass is 16.4. The van der Waals surface area contributed by atoms with E-state index in [9.17, 15) is 4.79 Å². The van der Waals surface area contributed by atoms with Gasteiger partial charge >= 0.3 is 6.01 Å². The topological polar surface area (TPSA) is 68.0 Å². The average molecular weight is 349 g/mol. The zero-order valence-corrected chi connectivity index (χ0v) is 15.6. The number of aryl methyl sites for hydroxylation is 4. The predicted octanol–water partition coefficient (Wildman–Crippen LogP) is 4.08. The summed E-state index contributed by atoms with van der Waals surface area (Å²) >= 11 is 0. The summed E-state index contributed by atoms with van der Waals surface area (Å²) < 4.78 is 5.57. The van der Waals surface area contributed by atoms with Crippen molar-refractivity contribution in [1.82, 2.24) is 10.2 Å². The third-order valence-electron chi connectivity index (χ3n) is 4.49. The first-order chi connectivity index (χ1) is 12.4. The van der Waals surface area contributed by atoms with Gasteiger partial charge in [-0.15, -0.1) is 5.10 Å². The third-order valence-corrected chi connectivity index (χ3v) is 4.49. The molecule has 2 aromatic carbocycles. The summed E-state index contributed by atoms with van der Waals surface area (Å²) in [5.74, 6) is 0.313. The molecule has 0 bridgehead atoms. The zero-order valence-electron chi connectivity index (χ0n) is 15.6. The number of benzene rings is 2. The normalized spacial score (nSPS) is 10.8. The lowest BCUT2D eigenvalue weighted by Gasteiger charge is -2.05. The molecule has 1 heterocycles. The van der Waals surface area contributed by atoms with Gasteiger partial charge in [-0.1, -0.05) is 47.1 Å².